The molecular formula is C11H19N3. The van der Waals surface area contributed by atoms with E-state index in [1.807, 2.05) is 6.20 Å². The monoisotopic (exact) mass is 193 g/mol. The number of rotatable bonds is 3. The minimum atomic E-state index is 0.594. The SMILES string of the molecule is CC(C)NCC1CCn2ccnc2C1. The van der Waals surface area contributed by atoms with E-state index in [2.05, 4.69) is 34.9 Å². The van der Waals surface area contributed by atoms with Crippen LogP contribution in [0.2, 0.25) is 0 Å². The zero-order valence-electron chi connectivity index (χ0n) is 9.03. The topological polar surface area (TPSA) is 29.9 Å². The van der Waals surface area contributed by atoms with Crippen LogP contribution >= 0.6 is 0 Å². The molecule has 0 aliphatic carbocycles. The molecule has 0 amide bonds. The van der Waals surface area contributed by atoms with E-state index in [1.165, 1.54) is 12.2 Å². The lowest BCUT2D eigenvalue weighted by Gasteiger charge is -2.24. The molecule has 3 nitrogen and oxygen atoms in total. The summed E-state index contributed by atoms with van der Waals surface area (Å²) in [4.78, 5) is 4.37. The van der Waals surface area contributed by atoms with Crippen molar-refractivity contribution in [1.82, 2.24) is 14.9 Å². The molecule has 1 aliphatic heterocycles. The van der Waals surface area contributed by atoms with Crippen molar-refractivity contribution in [3.8, 4) is 0 Å². The van der Waals surface area contributed by atoms with Gasteiger partial charge in [0.15, 0.2) is 0 Å². The van der Waals surface area contributed by atoms with Crippen LogP contribution in [0.15, 0.2) is 12.4 Å². The molecule has 1 atom stereocenters. The zero-order valence-corrected chi connectivity index (χ0v) is 9.03. The van der Waals surface area contributed by atoms with Gasteiger partial charge in [0, 0.05) is 31.4 Å². The van der Waals surface area contributed by atoms with Crippen molar-refractivity contribution in [2.24, 2.45) is 5.92 Å². The smallest absolute Gasteiger partial charge is 0.108 e. The summed E-state index contributed by atoms with van der Waals surface area (Å²) in [6.45, 7) is 6.66. The second kappa shape index (κ2) is 4.13. The maximum absolute atomic E-state index is 4.37. The van der Waals surface area contributed by atoms with Crippen molar-refractivity contribution in [3.63, 3.8) is 0 Å². The minimum Gasteiger partial charge on any atom is -0.335 e. The van der Waals surface area contributed by atoms with Crippen LogP contribution in [0.4, 0.5) is 0 Å². The first-order valence-corrected chi connectivity index (χ1v) is 5.49. The maximum Gasteiger partial charge on any atom is 0.108 e. The van der Waals surface area contributed by atoms with E-state index in [0.29, 0.717) is 6.04 Å². The van der Waals surface area contributed by atoms with Gasteiger partial charge in [0.1, 0.15) is 5.82 Å². The third-order valence-electron chi connectivity index (χ3n) is 2.87. The summed E-state index contributed by atoms with van der Waals surface area (Å²) in [6.07, 6.45) is 6.41. The molecule has 0 aromatic carbocycles. The third kappa shape index (κ3) is 2.15. The highest BCUT2D eigenvalue weighted by Gasteiger charge is 2.18. The van der Waals surface area contributed by atoms with Crippen molar-refractivity contribution >= 4 is 0 Å². The van der Waals surface area contributed by atoms with Crippen molar-refractivity contribution in [3.05, 3.63) is 18.2 Å². The van der Waals surface area contributed by atoms with Gasteiger partial charge in [-0.25, -0.2) is 4.98 Å². The van der Waals surface area contributed by atoms with Gasteiger partial charge in [0.05, 0.1) is 0 Å². The Kier molecular flexibility index (Phi) is 2.87. The number of aryl methyl sites for hydroxylation is 1. The van der Waals surface area contributed by atoms with Gasteiger partial charge in [-0.15, -0.1) is 0 Å². The highest BCUT2D eigenvalue weighted by atomic mass is 15.1. The lowest BCUT2D eigenvalue weighted by molar-refractivity contribution is 0.354. The summed E-state index contributed by atoms with van der Waals surface area (Å²) in [5.41, 5.74) is 0. The van der Waals surface area contributed by atoms with Crippen LogP contribution in [0, 0.1) is 5.92 Å². The first-order chi connectivity index (χ1) is 6.75. The molecule has 78 valence electrons. The summed E-state index contributed by atoms with van der Waals surface area (Å²) in [6, 6.07) is 0.594. The van der Waals surface area contributed by atoms with Crippen LogP contribution in [0.1, 0.15) is 26.1 Å². The quantitative estimate of drug-likeness (QED) is 0.787. The number of imidazole rings is 1. The summed E-state index contributed by atoms with van der Waals surface area (Å²) >= 11 is 0. The predicted molar refractivity (Wildman–Crippen MR) is 57.2 cm³/mol. The molecule has 3 heteroatoms. The molecule has 2 rings (SSSR count). The standard InChI is InChI=1S/C11H19N3/c1-9(2)13-8-10-3-5-14-6-4-12-11(14)7-10/h4,6,9-10,13H,3,5,7-8H2,1-2H3. The van der Waals surface area contributed by atoms with Gasteiger partial charge >= 0.3 is 0 Å². The first-order valence-electron chi connectivity index (χ1n) is 5.49. The number of nitrogens with one attached hydrogen (secondary N) is 1. The molecule has 0 bridgehead atoms. The summed E-state index contributed by atoms with van der Waals surface area (Å²) < 4.78 is 2.27. The Bertz CT molecular complexity index is 290. The Balaban J connectivity index is 1.88. The fourth-order valence-corrected chi connectivity index (χ4v) is 1.99. The van der Waals surface area contributed by atoms with Crippen molar-refractivity contribution in [2.45, 2.75) is 39.3 Å². The van der Waals surface area contributed by atoms with Gasteiger partial charge in [-0.05, 0) is 18.9 Å². The molecule has 0 radical (unpaired) electrons. The Morgan fingerprint density at radius 1 is 1.64 bits per heavy atom. The average Bonchev–Trinajstić information content (AvgIpc) is 2.61. The van der Waals surface area contributed by atoms with E-state index in [4.69, 9.17) is 0 Å². The van der Waals surface area contributed by atoms with Gasteiger partial charge in [-0.2, -0.15) is 0 Å². The fourth-order valence-electron chi connectivity index (χ4n) is 1.99. The Morgan fingerprint density at radius 2 is 2.50 bits per heavy atom. The minimum absolute atomic E-state index is 0.594. The summed E-state index contributed by atoms with van der Waals surface area (Å²) in [7, 11) is 0. The van der Waals surface area contributed by atoms with Crippen LogP contribution in [0.5, 0.6) is 0 Å². The van der Waals surface area contributed by atoms with Crippen LogP contribution in [0.3, 0.4) is 0 Å². The summed E-state index contributed by atoms with van der Waals surface area (Å²) in [5.74, 6) is 2.03. The highest BCUT2D eigenvalue weighted by molar-refractivity contribution is 4.97. The van der Waals surface area contributed by atoms with Gasteiger partial charge in [-0.3, -0.25) is 0 Å². The second-order valence-corrected chi connectivity index (χ2v) is 4.46. The molecule has 1 unspecified atom stereocenters. The summed E-state index contributed by atoms with van der Waals surface area (Å²) in [5, 5.41) is 3.50. The Morgan fingerprint density at radius 3 is 3.29 bits per heavy atom. The maximum atomic E-state index is 4.37. The number of fused-ring (bicyclic) bond motifs is 1. The van der Waals surface area contributed by atoms with Crippen LogP contribution < -0.4 is 5.32 Å². The molecule has 0 fully saturated rings. The number of hydrogen-bond donors (Lipinski definition) is 1. The van der Waals surface area contributed by atoms with Gasteiger partial charge < -0.3 is 9.88 Å². The molecule has 1 aromatic rings. The van der Waals surface area contributed by atoms with Crippen molar-refractivity contribution < 1.29 is 0 Å². The van der Waals surface area contributed by atoms with Crippen molar-refractivity contribution in [1.29, 1.82) is 0 Å². The number of aromatic nitrogens is 2. The highest BCUT2D eigenvalue weighted by Crippen LogP contribution is 2.18. The largest absolute Gasteiger partial charge is 0.335 e. The van der Waals surface area contributed by atoms with Crippen LogP contribution in [-0.2, 0) is 13.0 Å². The average molecular weight is 193 g/mol. The van der Waals surface area contributed by atoms with E-state index in [1.54, 1.807) is 0 Å². The molecule has 0 saturated carbocycles. The normalized spacial score (nSPS) is 21.2. The third-order valence-corrected chi connectivity index (χ3v) is 2.87. The van der Waals surface area contributed by atoms with E-state index in [-0.39, 0.29) is 0 Å². The van der Waals surface area contributed by atoms with E-state index >= 15 is 0 Å². The molecular weight excluding hydrogens is 174 g/mol. The van der Waals surface area contributed by atoms with E-state index in [0.717, 1.165) is 25.4 Å². The fraction of sp³-hybridized carbons (Fsp3) is 0.727. The zero-order chi connectivity index (χ0) is 9.97. The predicted octanol–water partition coefficient (Wildman–Crippen LogP) is 1.44. The molecule has 1 aromatic heterocycles. The van der Waals surface area contributed by atoms with Crippen molar-refractivity contribution in [2.75, 3.05) is 6.54 Å². The number of hydrogen-bond acceptors (Lipinski definition) is 2. The lowest BCUT2D eigenvalue weighted by Crippen LogP contribution is -2.33. The van der Waals surface area contributed by atoms with E-state index < -0.39 is 0 Å². The Hall–Kier alpha value is -0.830. The van der Waals surface area contributed by atoms with Crippen LogP contribution in [-0.4, -0.2) is 22.1 Å². The van der Waals surface area contributed by atoms with Gasteiger partial charge in [-0.1, -0.05) is 13.8 Å². The molecule has 2 heterocycles. The molecule has 0 spiro atoms. The number of nitrogens with zero attached hydrogens (tertiary/aromatic N) is 2. The molecule has 1 aliphatic rings. The Labute approximate surface area is 85.5 Å². The molecule has 0 saturated heterocycles. The van der Waals surface area contributed by atoms with Gasteiger partial charge in [0.25, 0.3) is 0 Å². The molecule has 14 heavy (non-hydrogen) atoms. The first kappa shape index (κ1) is 9.71. The van der Waals surface area contributed by atoms with Gasteiger partial charge in [0.2, 0.25) is 0 Å². The molecule has 1 N–H and O–H groups in total. The second-order valence-electron chi connectivity index (χ2n) is 4.46. The lowest BCUT2D eigenvalue weighted by atomic mass is 9.97. The van der Waals surface area contributed by atoms with Crippen LogP contribution in [0.25, 0.3) is 0 Å². The van der Waals surface area contributed by atoms with E-state index in [9.17, 15) is 0 Å².